The van der Waals surface area contributed by atoms with Crippen LogP contribution in [0.25, 0.3) is 0 Å². The van der Waals surface area contributed by atoms with E-state index in [0.29, 0.717) is 6.42 Å². The Balaban J connectivity index is 4.40. The maximum atomic E-state index is 11.6. The second-order valence-corrected chi connectivity index (χ2v) is 3.81. The summed E-state index contributed by atoms with van der Waals surface area (Å²) in [5.41, 5.74) is 0. The molecule has 0 aromatic rings. The van der Waals surface area contributed by atoms with E-state index in [1.807, 2.05) is 6.92 Å². The van der Waals surface area contributed by atoms with Gasteiger partial charge in [0.15, 0.2) is 0 Å². The molecule has 0 rings (SSSR count). The van der Waals surface area contributed by atoms with Gasteiger partial charge in [0.2, 0.25) is 5.91 Å². The van der Waals surface area contributed by atoms with Gasteiger partial charge in [-0.2, -0.15) is 0 Å². The molecule has 0 aliphatic carbocycles. The second-order valence-electron chi connectivity index (χ2n) is 3.81. The first-order valence-corrected chi connectivity index (χ1v) is 5.10. The summed E-state index contributed by atoms with van der Waals surface area (Å²) in [5.74, 6) is -1.46. The molecule has 1 unspecified atom stereocenters. The van der Waals surface area contributed by atoms with Crippen LogP contribution in [-0.2, 0) is 9.59 Å². The highest BCUT2D eigenvalue weighted by Crippen LogP contribution is 2.05. The molecular formula is C10H20N2O3. The lowest BCUT2D eigenvalue weighted by Gasteiger charge is -2.30. The fourth-order valence-corrected chi connectivity index (χ4v) is 1.17. The number of rotatable bonds is 6. The van der Waals surface area contributed by atoms with Gasteiger partial charge in [-0.15, -0.1) is 0 Å². The van der Waals surface area contributed by atoms with Crippen LogP contribution < -0.4 is 0 Å². The minimum Gasteiger partial charge on any atom is -0.481 e. The van der Waals surface area contributed by atoms with Crippen LogP contribution in [0.1, 0.15) is 26.7 Å². The van der Waals surface area contributed by atoms with Gasteiger partial charge in [-0.05, 0) is 6.42 Å². The van der Waals surface area contributed by atoms with Crippen LogP contribution >= 0.6 is 0 Å². The summed E-state index contributed by atoms with van der Waals surface area (Å²) in [5, 5.41) is 11.9. The summed E-state index contributed by atoms with van der Waals surface area (Å²) >= 11 is 0. The van der Waals surface area contributed by atoms with Crippen molar-refractivity contribution in [3.05, 3.63) is 0 Å². The first kappa shape index (κ1) is 13.9. The van der Waals surface area contributed by atoms with Crippen LogP contribution in [0.15, 0.2) is 0 Å². The predicted molar refractivity (Wildman–Crippen MR) is 57.1 cm³/mol. The highest BCUT2D eigenvalue weighted by atomic mass is 16.4. The maximum Gasteiger partial charge on any atom is 0.308 e. The normalized spacial score (nSPS) is 12.6. The monoisotopic (exact) mass is 216 g/mol. The average Bonchev–Trinajstić information content (AvgIpc) is 2.13. The minimum atomic E-state index is -0.883. The number of carbonyl (C=O) groups excluding carboxylic acids is 1. The molecule has 0 aliphatic heterocycles. The van der Waals surface area contributed by atoms with Crippen molar-refractivity contribution in [1.29, 1.82) is 0 Å². The summed E-state index contributed by atoms with van der Waals surface area (Å²) < 4.78 is 0. The molecule has 0 saturated heterocycles. The van der Waals surface area contributed by atoms with Crippen LogP contribution in [0.3, 0.4) is 0 Å². The number of carboxylic acid groups (broad SMARTS) is 1. The van der Waals surface area contributed by atoms with E-state index in [0.717, 1.165) is 6.42 Å². The van der Waals surface area contributed by atoms with E-state index in [1.165, 1.54) is 5.01 Å². The SMILES string of the molecule is CCCC(=O)N(CC(C)C(=O)O)N(C)C. The Bertz CT molecular complexity index is 229. The van der Waals surface area contributed by atoms with Crippen molar-refractivity contribution >= 4 is 11.9 Å². The standard InChI is InChI=1S/C10H20N2O3/c1-5-6-9(13)12(11(3)4)7-8(2)10(14)15/h8H,5-7H2,1-4H3,(H,14,15). The number of aliphatic carboxylic acids is 1. The first-order valence-electron chi connectivity index (χ1n) is 5.10. The summed E-state index contributed by atoms with van der Waals surface area (Å²) in [4.78, 5) is 22.3. The predicted octanol–water partition coefficient (Wildman–Crippen LogP) is 0.812. The molecule has 0 radical (unpaired) electrons. The Morgan fingerprint density at radius 2 is 1.87 bits per heavy atom. The zero-order chi connectivity index (χ0) is 12.0. The van der Waals surface area contributed by atoms with Gasteiger partial charge in [-0.25, -0.2) is 5.01 Å². The highest BCUT2D eigenvalue weighted by Gasteiger charge is 2.21. The molecular weight excluding hydrogens is 196 g/mol. The second kappa shape index (κ2) is 6.40. The third-order valence-electron chi connectivity index (χ3n) is 2.10. The molecule has 1 N–H and O–H groups in total. The van der Waals surface area contributed by atoms with Crippen molar-refractivity contribution in [3.63, 3.8) is 0 Å². The minimum absolute atomic E-state index is 0.0319. The van der Waals surface area contributed by atoms with Crippen molar-refractivity contribution < 1.29 is 14.7 Å². The number of amides is 1. The van der Waals surface area contributed by atoms with Crippen LogP contribution in [0.4, 0.5) is 0 Å². The summed E-state index contributed by atoms with van der Waals surface area (Å²) in [6.07, 6.45) is 1.22. The van der Waals surface area contributed by atoms with E-state index in [-0.39, 0.29) is 12.5 Å². The first-order chi connectivity index (χ1) is 6.90. The van der Waals surface area contributed by atoms with Crippen molar-refractivity contribution in [2.75, 3.05) is 20.6 Å². The summed E-state index contributed by atoms with van der Waals surface area (Å²) in [6, 6.07) is 0. The van der Waals surface area contributed by atoms with E-state index >= 15 is 0 Å². The third-order valence-corrected chi connectivity index (χ3v) is 2.10. The Morgan fingerprint density at radius 3 is 2.20 bits per heavy atom. The lowest BCUT2D eigenvalue weighted by Crippen LogP contribution is -2.45. The summed E-state index contributed by atoms with van der Waals surface area (Å²) in [6.45, 7) is 3.74. The van der Waals surface area contributed by atoms with Crippen molar-refractivity contribution in [2.45, 2.75) is 26.7 Å². The van der Waals surface area contributed by atoms with E-state index < -0.39 is 11.9 Å². The van der Waals surface area contributed by atoms with Gasteiger partial charge >= 0.3 is 5.97 Å². The zero-order valence-corrected chi connectivity index (χ0v) is 9.86. The highest BCUT2D eigenvalue weighted by molar-refractivity contribution is 5.77. The van der Waals surface area contributed by atoms with Gasteiger partial charge in [-0.1, -0.05) is 13.8 Å². The Morgan fingerprint density at radius 1 is 1.33 bits per heavy atom. The molecule has 1 amide bonds. The lowest BCUT2D eigenvalue weighted by molar-refractivity contribution is -0.151. The quantitative estimate of drug-likeness (QED) is 0.667. The molecule has 0 aromatic heterocycles. The molecule has 0 spiro atoms. The molecule has 15 heavy (non-hydrogen) atoms. The lowest BCUT2D eigenvalue weighted by atomic mass is 10.2. The van der Waals surface area contributed by atoms with Crippen molar-refractivity contribution in [1.82, 2.24) is 10.0 Å². The number of hydrazine groups is 1. The molecule has 0 fully saturated rings. The van der Waals surface area contributed by atoms with E-state index in [2.05, 4.69) is 0 Å². The third kappa shape index (κ3) is 4.78. The van der Waals surface area contributed by atoms with Gasteiger partial charge in [0, 0.05) is 20.5 Å². The van der Waals surface area contributed by atoms with Gasteiger partial charge in [0.1, 0.15) is 0 Å². The van der Waals surface area contributed by atoms with Gasteiger partial charge in [0.05, 0.1) is 12.5 Å². The molecule has 0 aromatic carbocycles. The van der Waals surface area contributed by atoms with Crippen LogP contribution in [0.2, 0.25) is 0 Å². The Kier molecular flexibility index (Phi) is 5.93. The number of carboxylic acids is 1. The van der Waals surface area contributed by atoms with E-state index in [9.17, 15) is 9.59 Å². The van der Waals surface area contributed by atoms with Crippen molar-refractivity contribution in [3.8, 4) is 0 Å². The fourth-order valence-electron chi connectivity index (χ4n) is 1.17. The number of hydrogen-bond acceptors (Lipinski definition) is 3. The molecule has 5 nitrogen and oxygen atoms in total. The number of hydrogen-bond donors (Lipinski definition) is 1. The summed E-state index contributed by atoms with van der Waals surface area (Å²) in [7, 11) is 3.48. The molecule has 0 heterocycles. The molecule has 0 aliphatic rings. The van der Waals surface area contributed by atoms with Gasteiger partial charge in [-0.3, -0.25) is 14.6 Å². The zero-order valence-electron chi connectivity index (χ0n) is 9.86. The number of carbonyl (C=O) groups is 2. The largest absolute Gasteiger partial charge is 0.481 e. The van der Waals surface area contributed by atoms with Gasteiger partial charge < -0.3 is 5.11 Å². The Labute approximate surface area is 90.6 Å². The van der Waals surface area contributed by atoms with Gasteiger partial charge in [0.25, 0.3) is 0 Å². The van der Waals surface area contributed by atoms with Crippen molar-refractivity contribution in [2.24, 2.45) is 5.92 Å². The van der Waals surface area contributed by atoms with Crippen LogP contribution in [-0.4, -0.2) is 47.6 Å². The average molecular weight is 216 g/mol. The molecule has 88 valence electrons. The fraction of sp³-hybridized carbons (Fsp3) is 0.800. The topological polar surface area (TPSA) is 60.9 Å². The molecule has 5 heteroatoms. The molecule has 0 bridgehead atoms. The van der Waals surface area contributed by atoms with Crippen LogP contribution in [0, 0.1) is 5.92 Å². The van der Waals surface area contributed by atoms with Crippen LogP contribution in [0.5, 0.6) is 0 Å². The number of nitrogens with zero attached hydrogens (tertiary/aromatic N) is 2. The molecule has 0 saturated carbocycles. The maximum absolute atomic E-state index is 11.6. The van der Waals surface area contributed by atoms with E-state index in [1.54, 1.807) is 26.0 Å². The Hall–Kier alpha value is -1.10. The molecule has 1 atom stereocenters. The smallest absolute Gasteiger partial charge is 0.308 e. The van der Waals surface area contributed by atoms with E-state index in [4.69, 9.17) is 5.11 Å².